The lowest BCUT2D eigenvalue weighted by Gasteiger charge is -2.16. The Hall–Kier alpha value is -0.930. The summed E-state index contributed by atoms with van der Waals surface area (Å²) in [5, 5.41) is 3.41. The Morgan fingerprint density at radius 2 is 2.12 bits per heavy atom. The van der Waals surface area contributed by atoms with Crippen molar-refractivity contribution in [1.29, 1.82) is 0 Å². The van der Waals surface area contributed by atoms with Crippen LogP contribution in [0, 0.1) is 0 Å². The van der Waals surface area contributed by atoms with Crippen LogP contribution in [0.5, 0.6) is 5.75 Å². The minimum Gasteiger partial charge on any atom is -0.481 e. The van der Waals surface area contributed by atoms with Crippen molar-refractivity contribution in [3.05, 3.63) is 28.2 Å². The van der Waals surface area contributed by atoms with Crippen molar-refractivity contribution in [3.63, 3.8) is 0 Å². The van der Waals surface area contributed by atoms with Crippen molar-refractivity contribution in [3.8, 4) is 5.75 Å². The van der Waals surface area contributed by atoms with E-state index < -0.39 is 6.10 Å². The van der Waals surface area contributed by atoms with Gasteiger partial charge in [-0.2, -0.15) is 0 Å². The molecule has 0 saturated carbocycles. The molecule has 1 amide bonds. The zero-order chi connectivity index (χ0) is 12.1. The Labute approximate surface area is 105 Å². The number of carbonyl (C=O) groups is 1. The summed E-state index contributed by atoms with van der Waals surface area (Å²) in [6, 6.07) is 4.91. The second kappa shape index (κ2) is 5.97. The molecule has 0 aliphatic heterocycles. The van der Waals surface area contributed by atoms with Crippen LogP contribution >= 0.6 is 23.2 Å². The Morgan fingerprint density at radius 3 is 2.62 bits per heavy atom. The number of ether oxygens (including phenoxy) is 1. The van der Waals surface area contributed by atoms with E-state index in [9.17, 15) is 4.79 Å². The van der Waals surface area contributed by atoms with Crippen LogP contribution in [0.4, 0.5) is 0 Å². The van der Waals surface area contributed by atoms with Crippen LogP contribution in [-0.2, 0) is 4.79 Å². The molecule has 0 aromatic heterocycles. The van der Waals surface area contributed by atoms with E-state index in [0.717, 1.165) is 0 Å². The van der Waals surface area contributed by atoms with Crippen molar-refractivity contribution >= 4 is 29.1 Å². The monoisotopic (exact) mass is 261 g/mol. The van der Waals surface area contributed by atoms with Crippen LogP contribution in [0.2, 0.25) is 10.0 Å². The highest BCUT2D eigenvalue weighted by Crippen LogP contribution is 2.27. The lowest BCUT2D eigenvalue weighted by atomic mass is 10.2. The van der Waals surface area contributed by atoms with Gasteiger partial charge in [0.2, 0.25) is 0 Å². The van der Waals surface area contributed by atoms with Gasteiger partial charge in [-0.05, 0) is 18.6 Å². The van der Waals surface area contributed by atoms with Crippen molar-refractivity contribution in [2.24, 2.45) is 0 Å². The molecule has 0 fully saturated rings. The van der Waals surface area contributed by atoms with Gasteiger partial charge in [-0.1, -0.05) is 30.1 Å². The summed E-state index contributed by atoms with van der Waals surface area (Å²) in [6.45, 7) is 1.87. The first kappa shape index (κ1) is 13.1. The number of halogens is 2. The smallest absolute Gasteiger partial charge is 0.260 e. The molecule has 0 radical (unpaired) electrons. The normalized spacial score (nSPS) is 12.0. The topological polar surface area (TPSA) is 38.3 Å². The van der Waals surface area contributed by atoms with Gasteiger partial charge < -0.3 is 10.1 Å². The first-order valence-electron chi connectivity index (χ1n) is 4.91. The molecule has 0 bridgehead atoms. The van der Waals surface area contributed by atoms with Crippen molar-refractivity contribution in [2.45, 2.75) is 19.4 Å². The van der Waals surface area contributed by atoms with Gasteiger partial charge in [-0.3, -0.25) is 4.79 Å². The first-order valence-corrected chi connectivity index (χ1v) is 5.67. The van der Waals surface area contributed by atoms with Crippen LogP contribution in [0.1, 0.15) is 13.3 Å². The van der Waals surface area contributed by atoms with Crippen molar-refractivity contribution < 1.29 is 9.53 Å². The molecule has 0 spiro atoms. The van der Waals surface area contributed by atoms with E-state index in [1.54, 1.807) is 25.2 Å². The molecule has 0 aliphatic rings. The van der Waals surface area contributed by atoms with Gasteiger partial charge in [0.15, 0.2) is 6.10 Å². The van der Waals surface area contributed by atoms with E-state index in [1.807, 2.05) is 6.92 Å². The number of nitrogens with one attached hydrogen (secondary N) is 1. The largest absolute Gasteiger partial charge is 0.481 e. The molecular formula is C11H13Cl2NO2. The second-order valence-corrected chi connectivity index (χ2v) is 4.02. The molecule has 1 atom stereocenters. The molecule has 3 nitrogen and oxygen atoms in total. The van der Waals surface area contributed by atoms with Gasteiger partial charge in [0.1, 0.15) is 5.75 Å². The lowest BCUT2D eigenvalue weighted by molar-refractivity contribution is -0.127. The Balaban J connectivity index is 2.78. The number of rotatable bonds is 4. The zero-order valence-electron chi connectivity index (χ0n) is 9.09. The number of benzene rings is 1. The Bertz CT molecular complexity index is 382. The molecular weight excluding hydrogens is 249 g/mol. The summed E-state index contributed by atoms with van der Waals surface area (Å²) in [5.41, 5.74) is 0. The second-order valence-electron chi connectivity index (χ2n) is 3.20. The minimum atomic E-state index is -0.512. The number of amides is 1. The number of likely N-dealkylation sites (N-methyl/N-ethyl adjacent to an activating group) is 1. The van der Waals surface area contributed by atoms with Gasteiger partial charge in [0, 0.05) is 13.1 Å². The van der Waals surface area contributed by atoms with E-state index in [0.29, 0.717) is 22.2 Å². The summed E-state index contributed by atoms with van der Waals surface area (Å²) < 4.78 is 5.50. The molecule has 16 heavy (non-hydrogen) atoms. The molecule has 0 unspecified atom stereocenters. The highest BCUT2D eigenvalue weighted by atomic mass is 35.5. The van der Waals surface area contributed by atoms with Gasteiger partial charge in [-0.25, -0.2) is 0 Å². The molecule has 5 heteroatoms. The summed E-state index contributed by atoms with van der Waals surface area (Å²) >= 11 is 11.6. The minimum absolute atomic E-state index is 0.159. The van der Waals surface area contributed by atoms with Crippen LogP contribution in [-0.4, -0.2) is 19.1 Å². The Morgan fingerprint density at radius 1 is 1.44 bits per heavy atom. The van der Waals surface area contributed by atoms with Gasteiger partial charge in [0.05, 0.1) is 10.0 Å². The van der Waals surface area contributed by atoms with E-state index in [1.165, 1.54) is 0 Å². The average Bonchev–Trinajstić information content (AvgIpc) is 2.29. The maximum Gasteiger partial charge on any atom is 0.260 e. The van der Waals surface area contributed by atoms with Crippen LogP contribution < -0.4 is 10.1 Å². The quantitative estimate of drug-likeness (QED) is 0.906. The maximum atomic E-state index is 11.4. The van der Waals surface area contributed by atoms with Crippen LogP contribution in [0.15, 0.2) is 18.2 Å². The van der Waals surface area contributed by atoms with E-state index in [2.05, 4.69) is 5.32 Å². The standard InChI is InChI=1S/C11H13Cl2NO2/c1-3-10(11(15)14-2)16-7-4-5-8(12)9(13)6-7/h4-6,10H,3H2,1-2H3,(H,14,15)/t10-/m0/s1. The number of hydrogen-bond acceptors (Lipinski definition) is 2. The van der Waals surface area contributed by atoms with Crippen molar-refractivity contribution in [2.75, 3.05) is 7.05 Å². The third-order valence-electron chi connectivity index (χ3n) is 2.08. The maximum absolute atomic E-state index is 11.4. The number of carbonyl (C=O) groups excluding carboxylic acids is 1. The van der Waals surface area contributed by atoms with E-state index >= 15 is 0 Å². The van der Waals surface area contributed by atoms with Gasteiger partial charge in [-0.15, -0.1) is 0 Å². The van der Waals surface area contributed by atoms with E-state index in [-0.39, 0.29) is 5.91 Å². The van der Waals surface area contributed by atoms with Crippen molar-refractivity contribution in [1.82, 2.24) is 5.32 Å². The van der Waals surface area contributed by atoms with Crippen LogP contribution in [0.3, 0.4) is 0 Å². The first-order chi connectivity index (χ1) is 7.58. The fourth-order valence-corrected chi connectivity index (χ4v) is 1.49. The third-order valence-corrected chi connectivity index (χ3v) is 2.82. The van der Waals surface area contributed by atoms with Crippen LogP contribution in [0.25, 0.3) is 0 Å². The fraction of sp³-hybridized carbons (Fsp3) is 0.364. The molecule has 1 rings (SSSR count). The summed E-state index contributed by atoms with van der Waals surface area (Å²) in [4.78, 5) is 11.4. The molecule has 1 aromatic carbocycles. The third kappa shape index (κ3) is 3.29. The SMILES string of the molecule is CC[C@H](Oc1ccc(Cl)c(Cl)c1)C(=O)NC. The van der Waals surface area contributed by atoms with Gasteiger partial charge in [0.25, 0.3) is 5.91 Å². The molecule has 0 saturated heterocycles. The Kier molecular flexibility index (Phi) is 4.90. The summed E-state index contributed by atoms with van der Waals surface area (Å²) in [6.07, 6.45) is 0.0714. The van der Waals surface area contributed by atoms with Gasteiger partial charge >= 0.3 is 0 Å². The van der Waals surface area contributed by atoms with E-state index in [4.69, 9.17) is 27.9 Å². The highest BCUT2D eigenvalue weighted by molar-refractivity contribution is 6.42. The molecule has 88 valence electrons. The summed E-state index contributed by atoms with van der Waals surface area (Å²) in [5.74, 6) is 0.374. The lowest BCUT2D eigenvalue weighted by Crippen LogP contribution is -2.35. The fourth-order valence-electron chi connectivity index (χ4n) is 1.20. The number of hydrogen-bond donors (Lipinski definition) is 1. The zero-order valence-corrected chi connectivity index (χ0v) is 10.6. The molecule has 1 aromatic rings. The molecule has 1 N–H and O–H groups in total. The molecule has 0 aliphatic carbocycles. The average molecular weight is 262 g/mol. The highest BCUT2D eigenvalue weighted by Gasteiger charge is 2.16. The predicted octanol–water partition coefficient (Wildman–Crippen LogP) is 2.90. The predicted molar refractivity (Wildman–Crippen MR) is 65.2 cm³/mol. The summed E-state index contributed by atoms with van der Waals surface area (Å²) in [7, 11) is 1.57. The molecule has 0 heterocycles.